The summed E-state index contributed by atoms with van der Waals surface area (Å²) in [4.78, 5) is 23.0. The molecule has 2 rings (SSSR count). The third-order valence-electron chi connectivity index (χ3n) is 2.12. The van der Waals surface area contributed by atoms with E-state index in [1.54, 1.807) is 0 Å². The van der Waals surface area contributed by atoms with Crippen LogP contribution in [0.1, 0.15) is 10.4 Å². The summed E-state index contributed by atoms with van der Waals surface area (Å²) in [5.74, 6) is -1.06. The Kier molecular flexibility index (Phi) is 3.77. The van der Waals surface area contributed by atoms with Gasteiger partial charge in [-0.2, -0.15) is 0 Å². The number of phenolic OH excluding ortho intramolecular Hbond substituents is 1. The summed E-state index contributed by atoms with van der Waals surface area (Å²) in [6.45, 7) is -0.457. The lowest BCUT2D eigenvalue weighted by Gasteiger charge is -2.04. The third-order valence-corrected chi connectivity index (χ3v) is 2.12. The second kappa shape index (κ2) is 5.67. The SMILES string of the molecule is O=C(COC(=O)c1cccc(O)c1)Nc1ccon1. The van der Waals surface area contributed by atoms with E-state index >= 15 is 0 Å². The van der Waals surface area contributed by atoms with Crippen molar-refractivity contribution in [3.63, 3.8) is 0 Å². The van der Waals surface area contributed by atoms with Crippen LogP contribution in [0.15, 0.2) is 41.1 Å². The lowest BCUT2D eigenvalue weighted by molar-refractivity contribution is -0.119. The van der Waals surface area contributed by atoms with E-state index in [9.17, 15) is 14.7 Å². The van der Waals surface area contributed by atoms with Crippen molar-refractivity contribution in [3.05, 3.63) is 42.2 Å². The molecule has 19 heavy (non-hydrogen) atoms. The van der Waals surface area contributed by atoms with Gasteiger partial charge in [0.05, 0.1) is 5.56 Å². The van der Waals surface area contributed by atoms with E-state index < -0.39 is 18.5 Å². The van der Waals surface area contributed by atoms with Gasteiger partial charge >= 0.3 is 5.97 Å². The van der Waals surface area contributed by atoms with Crippen molar-refractivity contribution in [2.24, 2.45) is 0 Å². The van der Waals surface area contributed by atoms with Crippen molar-refractivity contribution in [3.8, 4) is 5.75 Å². The average Bonchev–Trinajstić information content (AvgIpc) is 2.88. The second-order valence-electron chi connectivity index (χ2n) is 3.56. The van der Waals surface area contributed by atoms with Gasteiger partial charge in [0.1, 0.15) is 12.0 Å². The molecule has 1 aromatic heterocycles. The standard InChI is InChI=1S/C12H10N2O5/c15-9-3-1-2-8(6-9)12(17)18-7-11(16)13-10-4-5-19-14-10/h1-6,15H,7H2,(H,13,14,16). The molecule has 0 spiro atoms. The van der Waals surface area contributed by atoms with E-state index in [4.69, 9.17) is 4.74 Å². The van der Waals surface area contributed by atoms with E-state index in [1.165, 1.54) is 36.6 Å². The minimum absolute atomic E-state index is 0.0542. The topological polar surface area (TPSA) is 102 Å². The first-order valence-electron chi connectivity index (χ1n) is 5.31. The van der Waals surface area contributed by atoms with E-state index in [1.807, 2.05) is 0 Å². The van der Waals surface area contributed by atoms with Crippen LogP contribution in [0.2, 0.25) is 0 Å². The number of aromatic nitrogens is 1. The quantitative estimate of drug-likeness (QED) is 0.802. The monoisotopic (exact) mass is 262 g/mol. The maximum Gasteiger partial charge on any atom is 0.338 e. The number of nitrogens with zero attached hydrogens (tertiary/aromatic N) is 1. The van der Waals surface area contributed by atoms with Crippen LogP contribution >= 0.6 is 0 Å². The summed E-state index contributed by atoms with van der Waals surface area (Å²) in [5, 5.41) is 15.0. The Morgan fingerprint density at radius 2 is 2.21 bits per heavy atom. The normalized spacial score (nSPS) is 9.89. The zero-order valence-corrected chi connectivity index (χ0v) is 9.70. The molecule has 0 saturated carbocycles. The molecule has 2 N–H and O–H groups in total. The van der Waals surface area contributed by atoms with Crippen LogP contribution in [0.4, 0.5) is 5.82 Å². The Morgan fingerprint density at radius 1 is 1.37 bits per heavy atom. The molecule has 7 heteroatoms. The molecule has 98 valence electrons. The fourth-order valence-corrected chi connectivity index (χ4v) is 1.30. The number of aromatic hydroxyl groups is 1. The van der Waals surface area contributed by atoms with Crippen molar-refractivity contribution in [2.75, 3.05) is 11.9 Å². The number of phenols is 1. The minimum Gasteiger partial charge on any atom is -0.508 e. The smallest absolute Gasteiger partial charge is 0.338 e. The van der Waals surface area contributed by atoms with Gasteiger partial charge in [0, 0.05) is 6.07 Å². The molecule has 1 amide bonds. The number of esters is 1. The van der Waals surface area contributed by atoms with Gasteiger partial charge in [-0.05, 0) is 18.2 Å². The Labute approximate surface area is 107 Å². The van der Waals surface area contributed by atoms with Crippen molar-refractivity contribution < 1.29 is 24.0 Å². The number of anilines is 1. The van der Waals surface area contributed by atoms with E-state index in [-0.39, 0.29) is 17.1 Å². The number of rotatable bonds is 4. The number of nitrogens with one attached hydrogen (secondary N) is 1. The third kappa shape index (κ3) is 3.56. The molecule has 0 radical (unpaired) electrons. The highest BCUT2D eigenvalue weighted by Crippen LogP contribution is 2.11. The molecular formula is C12H10N2O5. The zero-order chi connectivity index (χ0) is 13.7. The van der Waals surface area contributed by atoms with Gasteiger partial charge in [-0.15, -0.1) is 0 Å². The predicted molar refractivity (Wildman–Crippen MR) is 63.5 cm³/mol. The molecule has 0 aliphatic rings. The zero-order valence-electron chi connectivity index (χ0n) is 9.70. The molecule has 0 unspecified atom stereocenters. The molecule has 1 aromatic carbocycles. The Bertz CT molecular complexity index is 580. The van der Waals surface area contributed by atoms with Gasteiger partial charge < -0.3 is 19.7 Å². The molecule has 0 saturated heterocycles. The molecule has 7 nitrogen and oxygen atoms in total. The van der Waals surface area contributed by atoms with E-state index in [2.05, 4.69) is 15.0 Å². The Balaban J connectivity index is 1.85. The fourth-order valence-electron chi connectivity index (χ4n) is 1.30. The number of hydrogen-bond donors (Lipinski definition) is 2. The van der Waals surface area contributed by atoms with Crippen LogP contribution in [-0.4, -0.2) is 28.7 Å². The van der Waals surface area contributed by atoms with Gasteiger partial charge in [-0.25, -0.2) is 4.79 Å². The summed E-state index contributed by atoms with van der Waals surface area (Å²) in [6, 6.07) is 7.10. The molecule has 1 heterocycles. The summed E-state index contributed by atoms with van der Waals surface area (Å²) >= 11 is 0. The number of benzene rings is 1. The fraction of sp³-hybridized carbons (Fsp3) is 0.0833. The largest absolute Gasteiger partial charge is 0.508 e. The first-order valence-corrected chi connectivity index (χ1v) is 5.31. The van der Waals surface area contributed by atoms with Gasteiger partial charge in [0.2, 0.25) is 0 Å². The molecule has 0 aliphatic heterocycles. The van der Waals surface area contributed by atoms with Gasteiger partial charge in [-0.3, -0.25) is 4.79 Å². The average molecular weight is 262 g/mol. The molecule has 2 aromatic rings. The maximum atomic E-state index is 11.6. The van der Waals surface area contributed by atoms with Crippen molar-refractivity contribution >= 4 is 17.7 Å². The van der Waals surface area contributed by atoms with Crippen molar-refractivity contribution in [2.45, 2.75) is 0 Å². The molecule has 0 atom stereocenters. The number of carbonyl (C=O) groups is 2. The Hall–Kier alpha value is -2.83. The summed E-state index contributed by atoms with van der Waals surface area (Å²) < 4.78 is 9.30. The maximum absolute atomic E-state index is 11.6. The van der Waals surface area contributed by atoms with Crippen LogP contribution in [0.25, 0.3) is 0 Å². The van der Waals surface area contributed by atoms with Gasteiger partial charge in [0.25, 0.3) is 5.91 Å². The van der Waals surface area contributed by atoms with Crippen LogP contribution in [0.3, 0.4) is 0 Å². The highest BCUT2D eigenvalue weighted by molar-refractivity contribution is 5.95. The second-order valence-corrected chi connectivity index (χ2v) is 3.56. The Morgan fingerprint density at radius 3 is 2.89 bits per heavy atom. The lowest BCUT2D eigenvalue weighted by Crippen LogP contribution is -2.21. The van der Waals surface area contributed by atoms with Crippen molar-refractivity contribution in [1.29, 1.82) is 0 Å². The predicted octanol–water partition coefficient (Wildman–Crippen LogP) is 1.18. The van der Waals surface area contributed by atoms with Gasteiger partial charge in [0.15, 0.2) is 12.4 Å². The van der Waals surface area contributed by atoms with Crippen LogP contribution < -0.4 is 5.32 Å². The number of hydrogen-bond acceptors (Lipinski definition) is 6. The highest BCUT2D eigenvalue weighted by atomic mass is 16.5. The summed E-state index contributed by atoms with van der Waals surface area (Å²) in [7, 11) is 0. The number of amides is 1. The molecule has 0 aliphatic carbocycles. The molecule has 0 bridgehead atoms. The van der Waals surface area contributed by atoms with Crippen molar-refractivity contribution in [1.82, 2.24) is 5.16 Å². The van der Waals surface area contributed by atoms with E-state index in [0.29, 0.717) is 0 Å². The molecule has 0 fully saturated rings. The minimum atomic E-state index is -0.703. The molecular weight excluding hydrogens is 252 g/mol. The van der Waals surface area contributed by atoms with Gasteiger partial charge in [-0.1, -0.05) is 11.2 Å². The summed E-state index contributed by atoms with van der Waals surface area (Å²) in [6.07, 6.45) is 1.30. The van der Waals surface area contributed by atoms with Crippen LogP contribution in [-0.2, 0) is 9.53 Å². The van der Waals surface area contributed by atoms with E-state index in [0.717, 1.165) is 0 Å². The first-order chi connectivity index (χ1) is 9.15. The summed E-state index contributed by atoms with van der Waals surface area (Å²) in [5.41, 5.74) is 0.161. The van der Waals surface area contributed by atoms with Crippen LogP contribution in [0, 0.1) is 0 Å². The number of carbonyl (C=O) groups excluding carboxylic acids is 2. The number of ether oxygens (including phenoxy) is 1. The van der Waals surface area contributed by atoms with Crippen LogP contribution in [0.5, 0.6) is 5.75 Å². The highest BCUT2D eigenvalue weighted by Gasteiger charge is 2.11. The lowest BCUT2D eigenvalue weighted by atomic mass is 10.2. The first kappa shape index (κ1) is 12.6.